The van der Waals surface area contributed by atoms with E-state index in [2.05, 4.69) is 62.2 Å². The normalized spacial score (nSPS) is 9.23. The number of hydrogen-bond acceptors (Lipinski definition) is 2. The Morgan fingerprint density at radius 2 is 1.23 bits per heavy atom. The Morgan fingerprint density at radius 3 is 1.62 bits per heavy atom. The Bertz CT molecular complexity index is 616. The first-order valence-corrected chi connectivity index (χ1v) is 9.30. The van der Waals surface area contributed by atoms with Crippen molar-refractivity contribution in [1.29, 1.82) is 0 Å². The Hall–Kier alpha value is -2.61. The minimum Gasteiger partial charge on any atom is -0.497 e. The third kappa shape index (κ3) is 9.03. The highest BCUT2D eigenvalue weighted by Gasteiger charge is 1.89. The van der Waals surface area contributed by atoms with Gasteiger partial charge >= 0.3 is 0 Å². The van der Waals surface area contributed by atoms with Crippen molar-refractivity contribution in [2.75, 3.05) is 7.11 Å². The van der Waals surface area contributed by atoms with Gasteiger partial charge in [-0.05, 0) is 54.7 Å². The van der Waals surface area contributed by atoms with Gasteiger partial charge in [0.2, 0.25) is 0 Å². The lowest BCUT2D eigenvalue weighted by Crippen LogP contribution is -1.83. The van der Waals surface area contributed by atoms with Gasteiger partial charge in [0.05, 0.1) is 7.11 Å². The van der Waals surface area contributed by atoms with E-state index in [1.54, 1.807) is 7.11 Å². The first-order valence-electron chi connectivity index (χ1n) is 9.30. The van der Waals surface area contributed by atoms with E-state index in [0.29, 0.717) is 0 Å². The average molecular weight is 350 g/mol. The fourth-order valence-corrected chi connectivity index (χ4v) is 2.18. The molecule has 1 aromatic heterocycles. The SMILES string of the molecule is CCc1ccc(OC)cc1.CCc1ccccc1.CCc1ccccn1. The van der Waals surface area contributed by atoms with Crippen LogP contribution < -0.4 is 4.74 Å². The summed E-state index contributed by atoms with van der Waals surface area (Å²) in [6.07, 6.45) is 5.07. The summed E-state index contributed by atoms with van der Waals surface area (Å²) in [5.74, 6) is 0.928. The maximum atomic E-state index is 5.01. The molecule has 0 spiro atoms. The van der Waals surface area contributed by atoms with Crippen molar-refractivity contribution in [3.8, 4) is 5.75 Å². The monoisotopic (exact) mass is 349 g/mol. The lowest BCUT2D eigenvalue weighted by molar-refractivity contribution is 0.414. The van der Waals surface area contributed by atoms with E-state index in [-0.39, 0.29) is 0 Å². The maximum Gasteiger partial charge on any atom is 0.118 e. The fraction of sp³-hybridized carbons (Fsp3) is 0.292. The van der Waals surface area contributed by atoms with Crippen LogP contribution in [0, 0.1) is 0 Å². The van der Waals surface area contributed by atoms with Crippen LogP contribution >= 0.6 is 0 Å². The second-order valence-electron chi connectivity index (χ2n) is 5.72. The standard InChI is InChI=1S/C9H12O.C8H10.C7H9N/c1-3-8-4-6-9(10-2)7-5-8;1-2-8-6-4-3-5-7-8;1-2-7-5-3-4-6-8-7/h4-7H,3H2,1-2H3;3-7H,2H2,1H3;3-6H,2H2,1H3. The van der Waals surface area contributed by atoms with E-state index in [1.807, 2.05) is 42.6 Å². The molecule has 0 unspecified atom stereocenters. The maximum absolute atomic E-state index is 5.01. The van der Waals surface area contributed by atoms with Crippen LogP contribution in [0.25, 0.3) is 0 Å². The van der Waals surface area contributed by atoms with Crippen molar-refractivity contribution in [3.63, 3.8) is 0 Å². The van der Waals surface area contributed by atoms with Crippen molar-refractivity contribution in [2.45, 2.75) is 40.0 Å². The molecule has 0 radical (unpaired) electrons. The third-order valence-electron chi connectivity index (χ3n) is 3.91. The van der Waals surface area contributed by atoms with Gasteiger partial charge in [-0.15, -0.1) is 0 Å². The quantitative estimate of drug-likeness (QED) is 0.563. The highest BCUT2D eigenvalue weighted by molar-refractivity contribution is 5.26. The number of aryl methyl sites for hydroxylation is 3. The first kappa shape index (κ1) is 21.4. The van der Waals surface area contributed by atoms with Gasteiger partial charge in [0, 0.05) is 11.9 Å². The van der Waals surface area contributed by atoms with Gasteiger partial charge in [-0.2, -0.15) is 0 Å². The molecular weight excluding hydrogens is 318 g/mol. The second-order valence-corrected chi connectivity index (χ2v) is 5.72. The highest BCUT2D eigenvalue weighted by Crippen LogP contribution is 2.10. The Kier molecular flexibility index (Phi) is 11.3. The van der Waals surface area contributed by atoms with Crippen LogP contribution in [-0.2, 0) is 19.3 Å². The molecule has 2 heteroatoms. The summed E-state index contributed by atoms with van der Waals surface area (Å²) in [4.78, 5) is 4.10. The Labute approximate surface area is 158 Å². The Balaban J connectivity index is 0.000000197. The van der Waals surface area contributed by atoms with Crippen molar-refractivity contribution in [3.05, 3.63) is 95.8 Å². The number of nitrogens with zero attached hydrogens (tertiary/aromatic N) is 1. The van der Waals surface area contributed by atoms with Gasteiger partial charge in [-0.3, -0.25) is 4.98 Å². The van der Waals surface area contributed by atoms with Crippen LogP contribution in [0.4, 0.5) is 0 Å². The van der Waals surface area contributed by atoms with E-state index in [9.17, 15) is 0 Å². The number of benzene rings is 2. The minimum atomic E-state index is 0.928. The summed E-state index contributed by atoms with van der Waals surface area (Å²) in [6, 6.07) is 24.6. The molecule has 0 aliphatic rings. The van der Waals surface area contributed by atoms with Crippen LogP contribution in [0.3, 0.4) is 0 Å². The summed E-state index contributed by atoms with van der Waals surface area (Å²) in [6.45, 7) is 6.40. The van der Waals surface area contributed by atoms with Gasteiger partial charge in [-0.1, -0.05) is 69.3 Å². The summed E-state index contributed by atoms with van der Waals surface area (Å²) in [7, 11) is 1.68. The molecule has 0 aliphatic carbocycles. The molecule has 0 N–H and O–H groups in total. The molecule has 0 amide bonds. The molecule has 3 rings (SSSR count). The molecule has 1 heterocycles. The van der Waals surface area contributed by atoms with Gasteiger partial charge in [0.1, 0.15) is 5.75 Å². The van der Waals surface area contributed by atoms with Gasteiger partial charge in [0.25, 0.3) is 0 Å². The molecule has 2 nitrogen and oxygen atoms in total. The molecule has 2 aromatic carbocycles. The lowest BCUT2D eigenvalue weighted by atomic mass is 10.2. The number of methoxy groups -OCH3 is 1. The van der Waals surface area contributed by atoms with Crippen LogP contribution in [0.2, 0.25) is 0 Å². The molecule has 0 fully saturated rings. The van der Waals surface area contributed by atoms with E-state index in [1.165, 1.54) is 11.1 Å². The number of ether oxygens (including phenoxy) is 1. The molecule has 0 aliphatic heterocycles. The summed E-state index contributed by atoms with van der Waals surface area (Å²) >= 11 is 0. The topological polar surface area (TPSA) is 22.1 Å². The lowest BCUT2D eigenvalue weighted by Gasteiger charge is -1.99. The number of pyridine rings is 1. The van der Waals surface area contributed by atoms with Gasteiger partial charge in [0.15, 0.2) is 0 Å². The molecule has 138 valence electrons. The molecule has 0 atom stereocenters. The van der Waals surface area contributed by atoms with E-state index < -0.39 is 0 Å². The second kappa shape index (κ2) is 13.7. The smallest absolute Gasteiger partial charge is 0.118 e. The predicted molar refractivity (Wildman–Crippen MR) is 112 cm³/mol. The Morgan fingerprint density at radius 1 is 0.654 bits per heavy atom. The van der Waals surface area contributed by atoms with Crippen molar-refractivity contribution in [2.24, 2.45) is 0 Å². The van der Waals surface area contributed by atoms with Gasteiger partial charge < -0.3 is 4.74 Å². The highest BCUT2D eigenvalue weighted by atomic mass is 16.5. The summed E-state index contributed by atoms with van der Waals surface area (Å²) in [5, 5.41) is 0. The van der Waals surface area contributed by atoms with E-state index in [0.717, 1.165) is 30.7 Å². The zero-order valence-corrected chi connectivity index (χ0v) is 16.5. The largest absolute Gasteiger partial charge is 0.497 e. The molecule has 0 saturated heterocycles. The zero-order chi connectivity index (χ0) is 19.0. The molecule has 0 bridgehead atoms. The zero-order valence-electron chi connectivity index (χ0n) is 16.5. The van der Waals surface area contributed by atoms with Gasteiger partial charge in [-0.25, -0.2) is 0 Å². The van der Waals surface area contributed by atoms with Crippen molar-refractivity contribution < 1.29 is 4.74 Å². The predicted octanol–water partition coefficient (Wildman–Crippen LogP) is 6.15. The number of rotatable bonds is 4. The average Bonchev–Trinajstić information content (AvgIpc) is 2.76. The van der Waals surface area contributed by atoms with Crippen LogP contribution in [-0.4, -0.2) is 12.1 Å². The van der Waals surface area contributed by atoms with Crippen molar-refractivity contribution in [1.82, 2.24) is 4.98 Å². The van der Waals surface area contributed by atoms with Crippen LogP contribution in [0.1, 0.15) is 37.6 Å². The van der Waals surface area contributed by atoms with E-state index in [4.69, 9.17) is 4.74 Å². The van der Waals surface area contributed by atoms with E-state index >= 15 is 0 Å². The number of hydrogen-bond donors (Lipinski definition) is 0. The first-order chi connectivity index (χ1) is 12.7. The molecule has 0 saturated carbocycles. The fourth-order valence-electron chi connectivity index (χ4n) is 2.18. The third-order valence-corrected chi connectivity index (χ3v) is 3.91. The molecular formula is C24H31NO. The molecule has 26 heavy (non-hydrogen) atoms. The van der Waals surface area contributed by atoms with Crippen molar-refractivity contribution >= 4 is 0 Å². The minimum absolute atomic E-state index is 0.928. The van der Waals surface area contributed by atoms with Crippen LogP contribution in [0.15, 0.2) is 79.0 Å². The summed E-state index contributed by atoms with van der Waals surface area (Å²) < 4.78 is 5.01. The van der Waals surface area contributed by atoms with Crippen LogP contribution in [0.5, 0.6) is 5.75 Å². The number of aromatic nitrogens is 1. The molecule has 3 aromatic rings. The summed E-state index contributed by atoms with van der Waals surface area (Å²) in [5.41, 5.74) is 3.92.